The number of thiazole rings is 1. The molecule has 0 unspecified atom stereocenters. The summed E-state index contributed by atoms with van der Waals surface area (Å²) in [6, 6.07) is 9.51. The van der Waals surface area contributed by atoms with E-state index in [1.54, 1.807) is 20.8 Å². The predicted molar refractivity (Wildman–Crippen MR) is 109 cm³/mol. The van der Waals surface area contributed by atoms with E-state index in [0.717, 1.165) is 5.56 Å². The zero-order valence-electron chi connectivity index (χ0n) is 16.5. The van der Waals surface area contributed by atoms with Crippen LogP contribution in [0.3, 0.4) is 0 Å². The van der Waals surface area contributed by atoms with Gasteiger partial charge in [-0.3, -0.25) is 4.79 Å². The summed E-state index contributed by atoms with van der Waals surface area (Å²) >= 11 is 1.22. The zero-order valence-corrected chi connectivity index (χ0v) is 17.3. The molecular formula is C21H20N2O5S. The molecule has 0 saturated carbocycles. The lowest BCUT2D eigenvalue weighted by Gasteiger charge is -2.03. The van der Waals surface area contributed by atoms with Crippen molar-refractivity contribution in [3.05, 3.63) is 63.4 Å². The molecule has 0 atom stereocenters. The first kappa shape index (κ1) is 20.5. The van der Waals surface area contributed by atoms with E-state index in [-0.39, 0.29) is 5.69 Å². The summed E-state index contributed by atoms with van der Waals surface area (Å²) in [5.41, 5.74) is 2.98. The molecule has 1 N–H and O–H groups in total. The maximum absolute atomic E-state index is 12.5. The van der Waals surface area contributed by atoms with Crippen molar-refractivity contribution in [2.45, 2.75) is 20.8 Å². The molecule has 0 spiro atoms. The molecule has 3 rings (SSSR count). The smallest absolute Gasteiger partial charge is 0.350 e. The monoisotopic (exact) mass is 412 g/mol. The van der Waals surface area contributed by atoms with Gasteiger partial charge in [-0.05, 0) is 26.3 Å². The molecule has 0 aliphatic rings. The first-order valence-electron chi connectivity index (χ1n) is 8.84. The Morgan fingerprint density at radius 3 is 2.41 bits per heavy atom. The molecule has 0 radical (unpaired) electrons. The van der Waals surface area contributed by atoms with Gasteiger partial charge in [-0.25, -0.2) is 14.6 Å². The minimum Gasteiger partial charge on any atom is -0.465 e. The first-order valence-corrected chi connectivity index (χ1v) is 9.65. The third kappa shape index (κ3) is 4.12. The van der Waals surface area contributed by atoms with Crippen molar-refractivity contribution in [2.24, 2.45) is 0 Å². The van der Waals surface area contributed by atoms with Crippen LogP contribution in [0.15, 0.2) is 30.3 Å². The highest BCUT2D eigenvalue weighted by Crippen LogP contribution is 2.28. The van der Waals surface area contributed by atoms with E-state index in [0.29, 0.717) is 32.4 Å². The number of nitrogens with one attached hydrogen (secondary N) is 1. The lowest BCUT2D eigenvalue weighted by atomic mass is 10.1. The number of methoxy groups -OCH3 is 1. The fourth-order valence-corrected chi connectivity index (χ4v) is 3.96. The molecule has 0 aliphatic heterocycles. The Bertz CT molecular complexity index is 1080. The van der Waals surface area contributed by atoms with E-state index >= 15 is 0 Å². The van der Waals surface area contributed by atoms with Gasteiger partial charge in [-0.2, -0.15) is 0 Å². The summed E-state index contributed by atoms with van der Waals surface area (Å²) in [5.74, 6) is -1.56. The van der Waals surface area contributed by atoms with Gasteiger partial charge in [0.2, 0.25) is 5.78 Å². The number of hydrogen-bond donors (Lipinski definition) is 1. The average Bonchev–Trinajstić information content (AvgIpc) is 3.25. The molecule has 150 valence electrons. The number of aryl methyl sites for hydroxylation is 2. The lowest BCUT2D eigenvalue weighted by Crippen LogP contribution is -2.15. The van der Waals surface area contributed by atoms with Crippen molar-refractivity contribution < 1.29 is 23.9 Å². The Labute approximate surface area is 171 Å². The molecule has 2 heterocycles. The molecular weight excluding hydrogens is 392 g/mol. The van der Waals surface area contributed by atoms with Crippen LogP contribution < -0.4 is 0 Å². The van der Waals surface area contributed by atoms with Gasteiger partial charge >= 0.3 is 11.9 Å². The normalized spacial score (nSPS) is 10.6. The number of Topliss-reactive ketones (excluding diaryl/α,β-unsaturated/α-hetero) is 1. The Morgan fingerprint density at radius 2 is 1.76 bits per heavy atom. The molecule has 29 heavy (non-hydrogen) atoms. The van der Waals surface area contributed by atoms with Crippen molar-refractivity contribution in [1.29, 1.82) is 0 Å². The quantitative estimate of drug-likeness (QED) is 0.487. The van der Waals surface area contributed by atoms with Gasteiger partial charge in [0.05, 0.1) is 24.1 Å². The van der Waals surface area contributed by atoms with Crippen LogP contribution in [0.1, 0.15) is 47.5 Å². The second-order valence-electron chi connectivity index (χ2n) is 6.42. The highest BCUT2D eigenvalue weighted by molar-refractivity contribution is 7.17. The lowest BCUT2D eigenvalue weighted by molar-refractivity contribution is 0.0476. The molecule has 0 fully saturated rings. The van der Waals surface area contributed by atoms with Crippen molar-refractivity contribution >= 4 is 29.1 Å². The molecule has 0 saturated heterocycles. The number of aromatic nitrogens is 2. The fraction of sp³-hybridized carbons (Fsp3) is 0.238. The summed E-state index contributed by atoms with van der Waals surface area (Å²) in [4.78, 5) is 44.5. The summed E-state index contributed by atoms with van der Waals surface area (Å²) in [7, 11) is 1.28. The molecule has 0 amide bonds. The van der Waals surface area contributed by atoms with Crippen molar-refractivity contribution in [3.8, 4) is 10.6 Å². The average molecular weight is 412 g/mol. The van der Waals surface area contributed by atoms with E-state index in [2.05, 4.69) is 9.97 Å². The van der Waals surface area contributed by atoms with Crippen LogP contribution in [0.25, 0.3) is 10.6 Å². The van der Waals surface area contributed by atoms with Crippen LogP contribution in [-0.2, 0) is 9.47 Å². The number of carbonyl (C=O) groups is 3. The Kier molecular flexibility index (Phi) is 5.93. The number of ether oxygens (including phenoxy) is 2. The third-order valence-corrected chi connectivity index (χ3v) is 5.63. The van der Waals surface area contributed by atoms with Gasteiger partial charge in [-0.1, -0.05) is 30.3 Å². The molecule has 3 aromatic rings. The van der Waals surface area contributed by atoms with Crippen LogP contribution in [0, 0.1) is 20.8 Å². The Morgan fingerprint density at radius 1 is 1.07 bits per heavy atom. The number of esters is 2. The van der Waals surface area contributed by atoms with E-state index in [1.807, 2.05) is 30.3 Å². The Balaban J connectivity index is 1.73. The van der Waals surface area contributed by atoms with Gasteiger partial charge in [-0.15, -0.1) is 11.3 Å². The van der Waals surface area contributed by atoms with Gasteiger partial charge in [0.1, 0.15) is 9.88 Å². The highest BCUT2D eigenvalue weighted by atomic mass is 32.1. The van der Waals surface area contributed by atoms with Crippen molar-refractivity contribution in [3.63, 3.8) is 0 Å². The second kappa shape index (κ2) is 8.40. The fourth-order valence-electron chi connectivity index (χ4n) is 3.00. The summed E-state index contributed by atoms with van der Waals surface area (Å²) < 4.78 is 9.95. The summed E-state index contributed by atoms with van der Waals surface area (Å²) in [5, 5.41) is 0.708. The topological polar surface area (TPSA) is 98.4 Å². The van der Waals surface area contributed by atoms with Gasteiger partial charge < -0.3 is 14.5 Å². The SMILES string of the molecule is COC(=O)c1c(C)[nH]c(C(=O)COC(=O)c2sc(-c3ccccc3)nc2C)c1C. The minimum absolute atomic E-state index is 0.224. The molecule has 0 bridgehead atoms. The minimum atomic E-state index is -0.607. The van der Waals surface area contributed by atoms with Crippen molar-refractivity contribution in [1.82, 2.24) is 9.97 Å². The Hall–Kier alpha value is -3.26. The van der Waals surface area contributed by atoms with Crippen LogP contribution in [0.4, 0.5) is 0 Å². The van der Waals surface area contributed by atoms with E-state index in [1.165, 1.54) is 18.4 Å². The van der Waals surface area contributed by atoms with Crippen LogP contribution in [0.2, 0.25) is 0 Å². The molecule has 7 nitrogen and oxygen atoms in total. The number of H-pyrrole nitrogens is 1. The van der Waals surface area contributed by atoms with Gasteiger partial charge in [0.15, 0.2) is 6.61 Å². The van der Waals surface area contributed by atoms with Crippen molar-refractivity contribution in [2.75, 3.05) is 13.7 Å². The zero-order chi connectivity index (χ0) is 21.1. The first-order chi connectivity index (χ1) is 13.8. The van der Waals surface area contributed by atoms with Gasteiger partial charge in [0, 0.05) is 11.3 Å². The maximum atomic E-state index is 12.5. The van der Waals surface area contributed by atoms with Crippen LogP contribution in [-0.4, -0.2) is 41.4 Å². The van der Waals surface area contributed by atoms with Crippen LogP contribution >= 0.6 is 11.3 Å². The molecule has 0 aliphatic carbocycles. The van der Waals surface area contributed by atoms with E-state index < -0.39 is 24.3 Å². The number of carbonyl (C=O) groups excluding carboxylic acids is 3. The summed E-state index contributed by atoms with van der Waals surface area (Å²) in [6.45, 7) is 4.60. The molecule has 1 aromatic carbocycles. The number of ketones is 1. The highest BCUT2D eigenvalue weighted by Gasteiger charge is 2.24. The van der Waals surface area contributed by atoms with E-state index in [4.69, 9.17) is 9.47 Å². The predicted octanol–water partition coefficient (Wildman–Crippen LogP) is 3.89. The number of nitrogens with zero attached hydrogens (tertiary/aromatic N) is 1. The number of aromatic amines is 1. The summed E-state index contributed by atoms with van der Waals surface area (Å²) in [6.07, 6.45) is 0. The second-order valence-corrected chi connectivity index (χ2v) is 7.41. The number of hydrogen-bond acceptors (Lipinski definition) is 7. The van der Waals surface area contributed by atoms with E-state index in [9.17, 15) is 14.4 Å². The maximum Gasteiger partial charge on any atom is 0.350 e. The molecule has 2 aromatic heterocycles. The number of rotatable bonds is 6. The number of benzene rings is 1. The largest absolute Gasteiger partial charge is 0.465 e. The van der Waals surface area contributed by atoms with Gasteiger partial charge in [0.25, 0.3) is 0 Å². The van der Waals surface area contributed by atoms with Crippen LogP contribution in [0.5, 0.6) is 0 Å². The standard InChI is InChI=1S/C21H20N2O5S/c1-11-16(20(25)27-4)12(2)22-17(11)15(24)10-28-21(26)18-13(3)23-19(29-18)14-8-6-5-7-9-14/h5-9,22H,10H2,1-4H3. The third-order valence-electron chi connectivity index (χ3n) is 4.44. The molecule has 8 heteroatoms.